The normalized spacial score (nSPS) is 13.6. The molecule has 0 aliphatic carbocycles. The topological polar surface area (TPSA) is 52.6 Å². The van der Waals surface area contributed by atoms with Gasteiger partial charge in [-0.15, -0.1) is 0 Å². The number of esters is 2. The van der Waals surface area contributed by atoms with Crippen molar-refractivity contribution < 1.29 is 19.1 Å². The van der Waals surface area contributed by atoms with Crippen LogP contribution in [-0.2, 0) is 19.1 Å². The van der Waals surface area contributed by atoms with E-state index in [0.717, 1.165) is 22.0 Å². The molecule has 223 valence electrons. The Labute approximate surface area is 255 Å². The van der Waals surface area contributed by atoms with Gasteiger partial charge in [0.05, 0.1) is 0 Å². The number of benzene rings is 2. The summed E-state index contributed by atoms with van der Waals surface area (Å²) < 4.78 is 12.1. The van der Waals surface area contributed by atoms with Crippen LogP contribution in [0.4, 0.5) is 0 Å². The van der Waals surface area contributed by atoms with Crippen LogP contribution in [0.3, 0.4) is 0 Å². The van der Waals surface area contributed by atoms with Gasteiger partial charge < -0.3 is 0 Å². The molecule has 1 unspecified atom stereocenters. The van der Waals surface area contributed by atoms with Crippen molar-refractivity contribution in [1.82, 2.24) is 0 Å². The number of aryl methyl sites for hydroxylation is 3. The molecule has 0 heterocycles. The Kier molecular flexibility index (Phi) is 12.1. The van der Waals surface area contributed by atoms with Crippen LogP contribution in [0.15, 0.2) is 34.0 Å². The predicted octanol–water partition coefficient (Wildman–Crippen LogP) is 7.98. The van der Waals surface area contributed by atoms with Crippen molar-refractivity contribution in [2.75, 3.05) is 14.2 Å². The van der Waals surface area contributed by atoms with Crippen molar-refractivity contribution in [3.8, 4) is 0 Å². The Morgan fingerprint density at radius 1 is 0.780 bits per heavy atom. The second kappa shape index (κ2) is 14.0. The van der Waals surface area contributed by atoms with E-state index in [-0.39, 0.29) is 21.4 Å². The van der Waals surface area contributed by atoms with Crippen molar-refractivity contribution in [2.24, 2.45) is 0 Å². The number of rotatable bonds is 9. The molecule has 0 bridgehead atoms. The van der Waals surface area contributed by atoms with E-state index in [9.17, 15) is 16.3 Å². The Hall–Kier alpha value is -1.91. The van der Waals surface area contributed by atoms with Crippen LogP contribution >= 0.6 is 7.92 Å². The SMILES string of the molecule is [C-]P(/C(C(=O)OC)=[C](/C(=O)OC)[Ge]([c]1c(C(C)C)cc(C(C)C)cc1C(C)C)[C](C)(C)C)c1c(C)cc(C)cc1C. The molecular formula is C35H49GeO4P-. The second-order valence-corrected chi connectivity index (χ2v) is 21.3. The van der Waals surface area contributed by atoms with Crippen LogP contribution in [0, 0.1) is 27.4 Å². The number of hydrogen-bond acceptors (Lipinski definition) is 4. The number of methoxy groups -OCH3 is 2. The van der Waals surface area contributed by atoms with Crippen molar-refractivity contribution in [3.05, 3.63) is 74.0 Å². The van der Waals surface area contributed by atoms with Gasteiger partial charge >= 0.3 is 256 Å². The average Bonchev–Trinajstić information content (AvgIpc) is 2.85. The monoisotopic (exact) mass is 638 g/mol. The average molecular weight is 637 g/mol. The molecule has 0 saturated carbocycles. The quantitative estimate of drug-likeness (QED) is 0.0921. The molecule has 2 aromatic carbocycles. The molecule has 2 aromatic rings. The number of carbonyl (C=O) groups is 2. The molecule has 0 fully saturated rings. The van der Waals surface area contributed by atoms with E-state index in [1.54, 1.807) is 0 Å². The molecule has 6 heteroatoms. The molecule has 3 radical (unpaired) electrons. The zero-order valence-electron chi connectivity index (χ0n) is 27.6. The summed E-state index contributed by atoms with van der Waals surface area (Å²) in [5.41, 5.74) is 6.72. The van der Waals surface area contributed by atoms with Crippen LogP contribution in [0.25, 0.3) is 0 Å². The van der Waals surface area contributed by atoms with E-state index >= 15 is 0 Å². The fourth-order valence-electron chi connectivity index (χ4n) is 5.58. The zero-order valence-corrected chi connectivity index (χ0v) is 30.6. The van der Waals surface area contributed by atoms with Gasteiger partial charge in [0.1, 0.15) is 0 Å². The molecule has 0 aliphatic heterocycles. The number of carbonyl (C=O) groups excluding carboxylic acids is 2. The van der Waals surface area contributed by atoms with Crippen LogP contribution < -0.4 is 9.70 Å². The summed E-state index contributed by atoms with van der Waals surface area (Å²) in [5, 5.41) is 0.967. The van der Waals surface area contributed by atoms with Gasteiger partial charge in [-0.3, -0.25) is 0 Å². The molecule has 0 saturated heterocycles. The van der Waals surface area contributed by atoms with E-state index < -0.39 is 34.2 Å². The van der Waals surface area contributed by atoms with Crippen molar-refractivity contribution in [2.45, 2.75) is 105 Å². The summed E-state index contributed by atoms with van der Waals surface area (Å²) in [7, 11) is 0.753. The van der Waals surface area contributed by atoms with Crippen molar-refractivity contribution >= 4 is 43.9 Å². The van der Waals surface area contributed by atoms with E-state index in [4.69, 9.17) is 9.47 Å². The van der Waals surface area contributed by atoms with Crippen LogP contribution in [-0.4, -0.2) is 40.5 Å². The van der Waals surface area contributed by atoms with Crippen molar-refractivity contribution in [3.63, 3.8) is 0 Å². The van der Waals surface area contributed by atoms with Gasteiger partial charge in [0.15, 0.2) is 0 Å². The summed E-state index contributed by atoms with van der Waals surface area (Å²) in [4.78, 5) is 27.8. The molecule has 0 N–H and O–H groups in total. The van der Waals surface area contributed by atoms with Crippen molar-refractivity contribution in [1.29, 1.82) is 0 Å². The maximum atomic E-state index is 14.0. The third-order valence-corrected chi connectivity index (χ3v) is 17.3. The molecule has 0 amide bonds. The van der Waals surface area contributed by atoms with E-state index in [2.05, 4.69) is 74.4 Å². The predicted molar refractivity (Wildman–Crippen MR) is 175 cm³/mol. The Morgan fingerprint density at radius 3 is 1.56 bits per heavy atom. The van der Waals surface area contributed by atoms with Gasteiger partial charge in [-0.2, -0.15) is 0 Å². The van der Waals surface area contributed by atoms with Gasteiger partial charge in [-0.25, -0.2) is 0 Å². The molecule has 0 aromatic heterocycles. The molecule has 41 heavy (non-hydrogen) atoms. The minimum atomic E-state index is -2.97. The summed E-state index contributed by atoms with van der Waals surface area (Å²) in [6, 6.07) is 8.69. The van der Waals surface area contributed by atoms with Crippen LogP contribution in [0.5, 0.6) is 0 Å². The third kappa shape index (κ3) is 7.74. The summed E-state index contributed by atoms with van der Waals surface area (Å²) in [6.07, 6.45) is 0. The molecule has 4 nitrogen and oxygen atoms in total. The number of hydrogen-bond donors (Lipinski definition) is 0. The summed E-state index contributed by atoms with van der Waals surface area (Å²) in [6.45, 7) is 35.3. The zero-order chi connectivity index (χ0) is 31.6. The van der Waals surface area contributed by atoms with E-state index in [1.807, 2.05) is 32.9 Å². The van der Waals surface area contributed by atoms with Crippen LogP contribution in [0.1, 0.15) is 113 Å². The first kappa shape index (κ1) is 35.3. The molecule has 0 aliphatic rings. The molecule has 0 spiro atoms. The summed E-state index contributed by atoms with van der Waals surface area (Å²) in [5.74, 6) is -0.353. The standard InChI is InChI=1S/C35H49GeO4P/c1-20(2)26-18-27(21(3)4)29(28(19-26)22(5)6)36(35(10,11)12)30(33(37)39-13)32(34(38)40-14)41(15)31-24(8)16-23(7)17-25(31)9/h16-22H,1-14H3/q-1/b32-30-. The van der Waals surface area contributed by atoms with E-state index in [0.29, 0.717) is 10.3 Å². The Bertz CT molecular complexity index is 1260. The van der Waals surface area contributed by atoms with E-state index in [1.165, 1.54) is 35.3 Å². The fourth-order valence-corrected chi connectivity index (χ4v) is 16.3. The first-order chi connectivity index (χ1) is 18.9. The second-order valence-electron chi connectivity index (χ2n) is 13.0. The third-order valence-electron chi connectivity index (χ3n) is 7.47. The number of ether oxygens (including phenoxy) is 2. The van der Waals surface area contributed by atoms with Crippen LogP contribution in [0.2, 0.25) is 4.25 Å². The minimum absolute atomic E-state index is 0.173. The molecule has 1 atom stereocenters. The Morgan fingerprint density at radius 2 is 1.22 bits per heavy atom. The fraction of sp³-hybridized carbons (Fsp3) is 0.514. The van der Waals surface area contributed by atoms with Gasteiger partial charge in [-0.1, -0.05) is 0 Å². The maximum absolute atomic E-state index is 14.0. The Balaban J connectivity index is 3.25. The van der Waals surface area contributed by atoms with Gasteiger partial charge in [0.25, 0.3) is 0 Å². The first-order valence-electron chi connectivity index (χ1n) is 14.4. The van der Waals surface area contributed by atoms with Gasteiger partial charge in [0.2, 0.25) is 0 Å². The molecule has 2 rings (SSSR count). The van der Waals surface area contributed by atoms with Gasteiger partial charge in [-0.05, 0) is 0 Å². The first-order valence-corrected chi connectivity index (χ1v) is 18.9. The summed E-state index contributed by atoms with van der Waals surface area (Å²) >= 11 is -2.97. The molecular weight excluding hydrogens is 588 g/mol. The van der Waals surface area contributed by atoms with Gasteiger partial charge in [0, 0.05) is 0 Å².